The highest BCUT2D eigenvalue weighted by Gasteiger charge is 2.35. The summed E-state index contributed by atoms with van der Waals surface area (Å²) in [6.07, 6.45) is 24.5. The molecule has 0 aliphatic heterocycles. The summed E-state index contributed by atoms with van der Waals surface area (Å²) in [6, 6.07) is 53.7. The second kappa shape index (κ2) is 33.3. The standard InChI is InChI=1S/C64H84O4S3/c1-5-9-13-17-25-49-65-53-33-41-57(42-34-53)70(58-43-35-54(36-44-58)66-50-26-18-14-10-6-2)63-31-23-21-29-61(63)69-62-30-22-24-32-64(62)71(59-45-37-55(38-46-59)67-51-27-19-15-11-7-3)60-47-39-56(40-48-60)68-52-28-20-16-12-8-4/h21-24,29-48H,5-20,25-28,49-52H2,1-4H3/q+2. The van der Waals surface area contributed by atoms with Gasteiger partial charge in [0, 0.05) is 0 Å². The van der Waals surface area contributed by atoms with Crippen molar-refractivity contribution in [2.45, 2.75) is 195 Å². The maximum atomic E-state index is 6.28. The van der Waals surface area contributed by atoms with Crippen LogP contribution in [-0.2, 0) is 21.8 Å². The molecule has 4 nitrogen and oxygen atoms in total. The number of hydrogen-bond acceptors (Lipinski definition) is 5. The van der Waals surface area contributed by atoms with Crippen molar-refractivity contribution in [2.75, 3.05) is 26.4 Å². The summed E-state index contributed by atoms with van der Waals surface area (Å²) >= 11 is 1.88. The van der Waals surface area contributed by atoms with Gasteiger partial charge in [-0.05, 0) is 147 Å². The monoisotopic (exact) mass is 1010 g/mol. The average Bonchev–Trinajstić information content (AvgIpc) is 3.41. The van der Waals surface area contributed by atoms with Crippen LogP contribution in [0.15, 0.2) is 185 Å². The minimum Gasteiger partial charge on any atom is -0.494 e. The Labute approximate surface area is 440 Å². The average molecular weight is 1010 g/mol. The highest BCUT2D eigenvalue weighted by Crippen LogP contribution is 2.45. The summed E-state index contributed by atoms with van der Waals surface area (Å²) in [4.78, 5) is 10.1. The predicted octanol–water partition coefficient (Wildman–Crippen LogP) is 19.4. The van der Waals surface area contributed by atoms with Crippen molar-refractivity contribution in [1.82, 2.24) is 0 Å². The fourth-order valence-electron chi connectivity index (χ4n) is 8.58. The molecule has 0 atom stereocenters. The van der Waals surface area contributed by atoms with Crippen LogP contribution in [0.5, 0.6) is 23.0 Å². The first kappa shape index (κ1) is 55.9. The number of unbranched alkanes of at least 4 members (excludes halogenated alkanes) is 16. The summed E-state index contributed by atoms with van der Waals surface area (Å²) in [6.45, 7) is 12.1. The van der Waals surface area contributed by atoms with Crippen LogP contribution in [-0.4, -0.2) is 26.4 Å². The van der Waals surface area contributed by atoms with Crippen molar-refractivity contribution in [1.29, 1.82) is 0 Å². The fourth-order valence-corrected chi connectivity index (χ4v) is 14.4. The molecule has 0 saturated heterocycles. The molecule has 0 radical (unpaired) electrons. The minimum atomic E-state index is -0.402. The van der Waals surface area contributed by atoms with E-state index in [0.29, 0.717) is 0 Å². The Bertz CT molecular complexity index is 2030. The molecule has 0 amide bonds. The SMILES string of the molecule is CCCCCCCOc1ccc([S+](c2ccc(OCCCCCCC)cc2)c2ccccc2Sc2ccccc2[S+](c2ccc(OCCCCCCC)cc2)c2ccc(OCCCCCCC)cc2)cc1. The lowest BCUT2D eigenvalue weighted by Crippen LogP contribution is -2.08. The molecule has 380 valence electrons. The number of hydrogen-bond donors (Lipinski definition) is 0. The molecule has 0 spiro atoms. The Morgan fingerprint density at radius 1 is 0.282 bits per heavy atom. The molecular formula is C64H84O4S3+2. The van der Waals surface area contributed by atoms with Gasteiger partial charge in [-0.1, -0.05) is 166 Å². The van der Waals surface area contributed by atoms with Crippen molar-refractivity contribution in [3.8, 4) is 23.0 Å². The van der Waals surface area contributed by atoms with Crippen molar-refractivity contribution in [3.63, 3.8) is 0 Å². The molecule has 6 aromatic rings. The number of ether oxygens (including phenoxy) is 4. The van der Waals surface area contributed by atoms with Gasteiger partial charge in [-0.15, -0.1) is 0 Å². The molecular weight excluding hydrogens is 929 g/mol. The molecule has 0 unspecified atom stereocenters. The van der Waals surface area contributed by atoms with E-state index in [2.05, 4.69) is 173 Å². The summed E-state index contributed by atoms with van der Waals surface area (Å²) in [5.74, 6) is 3.73. The van der Waals surface area contributed by atoms with E-state index in [1.807, 2.05) is 11.8 Å². The minimum absolute atomic E-state index is 0.402. The van der Waals surface area contributed by atoms with E-state index in [-0.39, 0.29) is 0 Å². The summed E-state index contributed by atoms with van der Waals surface area (Å²) < 4.78 is 25.1. The van der Waals surface area contributed by atoms with Crippen molar-refractivity contribution >= 4 is 33.6 Å². The predicted molar refractivity (Wildman–Crippen MR) is 304 cm³/mol. The lowest BCUT2D eigenvalue weighted by molar-refractivity contribution is 0.304. The van der Waals surface area contributed by atoms with Crippen LogP contribution < -0.4 is 18.9 Å². The Morgan fingerprint density at radius 2 is 0.521 bits per heavy atom. The third-order valence-corrected chi connectivity index (χ3v) is 18.6. The largest absolute Gasteiger partial charge is 0.494 e. The first-order chi connectivity index (χ1) is 35.1. The van der Waals surface area contributed by atoms with Gasteiger partial charge in [0.25, 0.3) is 0 Å². The molecule has 7 heteroatoms. The third-order valence-electron chi connectivity index (χ3n) is 12.7. The first-order valence-corrected chi connectivity index (χ1v) is 30.6. The quantitative estimate of drug-likeness (QED) is 0.0290. The summed E-state index contributed by atoms with van der Waals surface area (Å²) in [5, 5.41) is 0. The van der Waals surface area contributed by atoms with Crippen LogP contribution in [0.3, 0.4) is 0 Å². The molecule has 6 rings (SSSR count). The first-order valence-electron chi connectivity index (χ1n) is 27.4. The van der Waals surface area contributed by atoms with Gasteiger partial charge in [0.15, 0.2) is 29.4 Å². The van der Waals surface area contributed by atoms with Crippen molar-refractivity contribution < 1.29 is 18.9 Å². The van der Waals surface area contributed by atoms with E-state index >= 15 is 0 Å². The van der Waals surface area contributed by atoms with E-state index in [4.69, 9.17) is 18.9 Å². The molecule has 0 bridgehead atoms. The van der Waals surface area contributed by atoms with Gasteiger partial charge in [-0.2, -0.15) is 0 Å². The lowest BCUT2D eigenvalue weighted by atomic mass is 10.2. The molecule has 0 fully saturated rings. The van der Waals surface area contributed by atoms with Gasteiger partial charge in [0.1, 0.15) is 44.8 Å². The zero-order valence-electron chi connectivity index (χ0n) is 43.7. The summed E-state index contributed by atoms with van der Waals surface area (Å²) in [5.41, 5.74) is 0. The lowest BCUT2D eigenvalue weighted by Gasteiger charge is -2.15. The zero-order chi connectivity index (χ0) is 49.6. The Hall–Kier alpha value is -4.43. The van der Waals surface area contributed by atoms with E-state index in [1.54, 1.807) is 0 Å². The molecule has 0 heterocycles. The third kappa shape index (κ3) is 19.2. The molecule has 0 aliphatic rings. The van der Waals surface area contributed by atoms with Crippen LogP contribution in [0.1, 0.15) is 156 Å². The van der Waals surface area contributed by atoms with E-state index in [0.717, 1.165) is 75.1 Å². The summed E-state index contributed by atoms with van der Waals surface area (Å²) in [7, 11) is -0.805. The maximum Gasteiger partial charge on any atom is 0.180 e. The zero-order valence-corrected chi connectivity index (χ0v) is 46.1. The smallest absolute Gasteiger partial charge is 0.180 e. The van der Waals surface area contributed by atoms with Crippen molar-refractivity contribution in [2.24, 2.45) is 0 Å². The molecule has 0 aromatic heterocycles. The molecule has 71 heavy (non-hydrogen) atoms. The molecule has 0 saturated carbocycles. The number of benzene rings is 6. The van der Waals surface area contributed by atoms with Crippen LogP contribution in [0, 0.1) is 0 Å². The van der Waals surface area contributed by atoms with E-state index in [1.165, 1.54) is 142 Å². The van der Waals surface area contributed by atoms with Gasteiger partial charge in [0.05, 0.1) is 36.2 Å². The van der Waals surface area contributed by atoms with Gasteiger partial charge < -0.3 is 18.9 Å². The van der Waals surface area contributed by atoms with Crippen LogP contribution >= 0.6 is 11.8 Å². The van der Waals surface area contributed by atoms with Gasteiger partial charge in [0.2, 0.25) is 0 Å². The highest BCUT2D eigenvalue weighted by molar-refractivity contribution is 8.02. The van der Waals surface area contributed by atoms with Gasteiger partial charge >= 0.3 is 0 Å². The Balaban J connectivity index is 1.30. The van der Waals surface area contributed by atoms with Crippen LogP contribution in [0.25, 0.3) is 0 Å². The molecule has 0 N–H and O–H groups in total. The Morgan fingerprint density at radius 3 is 0.775 bits per heavy atom. The van der Waals surface area contributed by atoms with Crippen LogP contribution in [0.4, 0.5) is 0 Å². The fraction of sp³-hybridized carbons (Fsp3) is 0.438. The second-order valence-electron chi connectivity index (χ2n) is 18.5. The van der Waals surface area contributed by atoms with E-state index in [9.17, 15) is 0 Å². The second-order valence-corrected chi connectivity index (χ2v) is 23.6. The maximum absolute atomic E-state index is 6.28. The molecule has 0 aliphatic carbocycles. The number of rotatable bonds is 36. The molecule has 6 aromatic carbocycles. The van der Waals surface area contributed by atoms with Gasteiger partial charge in [-0.25, -0.2) is 0 Å². The van der Waals surface area contributed by atoms with Gasteiger partial charge in [-0.3, -0.25) is 0 Å². The van der Waals surface area contributed by atoms with E-state index < -0.39 is 21.8 Å². The highest BCUT2D eigenvalue weighted by atomic mass is 32.2. The topological polar surface area (TPSA) is 36.9 Å². The normalized spacial score (nSPS) is 11.4. The Kier molecular flexibility index (Phi) is 26.2. The van der Waals surface area contributed by atoms with Crippen molar-refractivity contribution in [3.05, 3.63) is 146 Å². The van der Waals surface area contributed by atoms with Crippen LogP contribution in [0.2, 0.25) is 0 Å².